The minimum atomic E-state index is -0.772. The predicted molar refractivity (Wildman–Crippen MR) is 63.0 cm³/mol. The molecule has 100 valence electrons. The molecule has 0 radical (unpaired) electrons. The van der Waals surface area contributed by atoms with Crippen LogP contribution in [0.2, 0.25) is 0 Å². The van der Waals surface area contributed by atoms with Gasteiger partial charge >= 0.3 is 5.97 Å². The normalized spacial score (nSPS) is 21.0. The molecule has 0 bridgehead atoms. The van der Waals surface area contributed by atoms with Crippen molar-refractivity contribution in [3.63, 3.8) is 0 Å². The van der Waals surface area contributed by atoms with Gasteiger partial charge in [-0.1, -0.05) is 5.21 Å². The quantitative estimate of drug-likeness (QED) is 0.552. The van der Waals surface area contributed by atoms with Crippen LogP contribution < -0.4 is 5.32 Å². The molecule has 1 fully saturated rings. The summed E-state index contributed by atoms with van der Waals surface area (Å²) in [6.45, 7) is 3.15. The summed E-state index contributed by atoms with van der Waals surface area (Å²) in [5.74, 6) is -0.0368. The average Bonchev–Trinajstić information content (AvgIpc) is 2.88. The highest BCUT2D eigenvalue weighted by Crippen LogP contribution is 2.04. The fourth-order valence-electron chi connectivity index (χ4n) is 2.09. The van der Waals surface area contributed by atoms with E-state index in [2.05, 4.69) is 30.8 Å². The van der Waals surface area contributed by atoms with E-state index in [1.807, 2.05) is 0 Å². The van der Waals surface area contributed by atoms with Crippen LogP contribution in [0.15, 0.2) is 0 Å². The Morgan fingerprint density at radius 3 is 3.11 bits per heavy atom. The summed E-state index contributed by atoms with van der Waals surface area (Å²) in [6.07, 6.45) is 2.81. The van der Waals surface area contributed by atoms with Crippen LogP contribution in [0.4, 0.5) is 0 Å². The lowest BCUT2D eigenvalue weighted by Gasteiger charge is -2.31. The Bertz CT molecular complexity index is 368. The number of H-pyrrole nitrogens is 1. The van der Waals surface area contributed by atoms with Gasteiger partial charge in [-0.25, -0.2) is 0 Å². The van der Waals surface area contributed by atoms with Crippen molar-refractivity contribution in [2.45, 2.75) is 25.3 Å². The van der Waals surface area contributed by atoms with Crippen LogP contribution in [0.25, 0.3) is 0 Å². The molecule has 0 aliphatic carbocycles. The van der Waals surface area contributed by atoms with E-state index in [-0.39, 0.29) is 0 Å². The zero-order chi connectivity index (χ0) is 12.8. The minimum Gasteiger partial charge on any atom is -0.480 e. The second kappa shape index (κ2) is 6.41. The van der Waals surface area contributed by atoms with Crippen molar-refractivity contribution in [2.75, 3.05) is 26.2 Å². The maximum Gasteiger partial charge on any atom is 0.322 e. The fourth-order valence-corrected chi connectivity index (χ4v) is 2.09. The first-order chi connectivity index (χ1) is 8.75. The third-order valence-electron chi connectivity index (χ3n) is 3.07. The van der Waals surface area contributed by atoms with Crippen molar-refractivity contribution in [3.05, 3.63) is 5.82 Å². The van der Waals surface area contributed by atoms with Gasteiger partial charge in [-0.15, -0.1) is 10.2 Å². The summed E-state index contributed by atoms with van der Waals surface area (Å²) in [5.41, 5.74) is 0. The maximum absolute atomic E-state index is 10.9. The molecular formula is C10H18N6O2. The van der Waals surface area contributed by atoms with Crippen molar-refractivity contribution < 1.29 is 9.90 Å². The van der Waals surface area contributed by atoms with Gasteiger partial charge in [0, 0.05) is 26.1 Å². The molecule has 0 spiro atoms. The molecule has 1 saturated heterocycles. The molecule has 8 heteroatoms. The van der Waals surface area contributed by atoms with Gasteiger partial charge in [-0.2, -0.15) is 5.21 Å². The van der Waals surface area contributed by atoms with Crippen LogP contribution in [-0.2, 0) is 11.2 Å². The van der Waals surface area contributed by atoms with Gasteiger partial charge in [-0.05, 0) is 19.4 Å². The van der Waals surface area contributed by atoms with Gasteiger partial charge in [0.15, 0.2) is 5.82 Å². The predicted octanol–water partition coefficient (Wildman–Crippen LogP) is -1.12. The van der Waals surface area contributed by atoms with E-state index in [4.69, 9.17) is 5.11 Å². The Labute approximate surface area is 105 Å². The average molecular weight is 254 g/mol. The maximum atomic E-state index is 10.9. The SMILES string of the molecule is O=C(O)C1CN(CCCCc2nn[nH]n2)CCN1. The lowest BCUT2D eigenvalue weighted by atomic mass is 10.1. The van der Waals surface area contributed by atoms with Crippen LogP contribution in [0, 0.1) is 0 Å². The molecule has 8 nitrogen and oxygen atoms in total. The van der Waals surface area contributed by atoms with Gasteiger partial charge in [-0.3, -0.25) is 9.69 Å². The van der Waals surface area contributed by atoms with Gasteiger partial charge in [0.25, 0.3) is 0 Å². The molecule has 1 aliphatic rings. The van der Waals surface area contributed by atoms with E-state index in [0.717, 1.165) is 44.7 Å². The van der Waals surface area contributed by atoms with Crippen molar-refractivity contribution >= 4 is 5.97 Å². The standard InChI is InChI=1S/C10H18N6O2/c17-10(18)8-7-16(6-4-11-8)5-2-1-3-9-12-14-15-13-9/h8,11H,1-7H2,(H,17,18)(H,12,13,14,15). The summed E-state index contributed by atoms with van der Waals surface area (Å²) >= 11 is 0. The van der Waals surface area contributed by atoms with E-state index in [9.17, 15) is 4.79 Å². The molecule has 3 N–H and O–H groups in total. The van der Waals surface area contributed by atoms with Crippen LogP contribution in [-0.4, -0.2) is 68.8 Å². The molecule has 1 atom stereocenters. The number of rotatable bonds is 6. The van der Waals surface area contributed by atoms with E-state index >= 15 is 0 Å². The molecule has 1 aromatic rings. The largest absolute Gasteiger partial charge is 0.480 e. The molecule has 1 aromatic heterocycles. The monoisotopic (exact) mass is 254 g/mol. The number of aliphatic carboxylic acids is 1. The summed E-state index contributed by atoms with van der Waals surface area (Å²) in [6, 6.07) is -0.434. The van der Waals surface area contributed by atoms with Gasteiger partial charge < -0.3 is 10.4 Å². The Morgan fingerprint density at radius 1 is 1.50 bits per heavy atom. The fraction of sp³-hybridized carbons (Fsp3) is 0.800. The number of carbonyl (C=O) groups is 1. The lowest BCUT2D eigenvalue weighted by molar-refractivity contribution is -0.140. The second-order valence-electron chi connectivity index (χ2n) is 4.43. The second-order valence-corrected chi connectivity index (χ2v) is 4.43. The summed E-state index contributed by atoms with van der Waals surface area (Å²) in [7, 11) is 0. The summed E-state index contributed by atoms with van der Waals surface area (Å²) < 4.78 is 0. The van der Waals surface area contributed by atoms with Crippen molar-refractivity contribution in [1.29, 1.82) is 0 Å². The number of tetrazole rings is 1. The first-order valence-electron chi connectivity index (χ1n) is 6.16. The number of nitrogens with one attached hydrogen (secondary N) is 2. The number of piperazine rings is 1. The summed E-state index contributed by atoms with van der Waals surface area (Å²) in [4.78, 5) is 13.1. The van der Waals surface area contributed by atoms with Crippen molar-refractivity contribution in [1.82, 2.24) is 30.8 Å². The van der Waals surface area contributed by atoms with Crippen LogP contribution in [0.1, 0.15) is 18.7 Å². The van der Waals surface area contributed by atoms with Crippen LogP contribution in [0.3, 0.4) is 0 Å². The highest BCUT2D eigenvalue weighted by Gasteiger charge is 2.24. The number of aryl methyl sites for hydroxylation is 1. The summed E-state index contributed by atoms with van der Waals surface area (Å²) in [5, 5.41) is 25.6. The molecule has 1 aliphatic heterocycles. The number of aromatic nitrogens is 4. The van der Waals surface area contributed by atoms with Gasteiger partial charge in [0.1, 0.15) is 6.04 Å². The van der Waals surface area contributed by atoms with Gasteiger partial charge in [0.2, 0.25) is 0 Å². The van der Waals surface area contributed by atoms with Crippen molar-refractivity contribution in [3.8, 4) is 0 Å². The molecule has 0 amide bonds. The number of nitrogens with zero attached hydrogens (tertiary/aromatic N) is 4. The number of hydrogen-bond acceptors (Lipinski definition) is 6. The topological polar surface area (TPSA) is 107 Å². The molecule has 2 rings (SSSR count). The van der Waals surface area contributed by atoms with Gasteiger partial charge in [0.05, 0.1) is 0 Å². The van der Waals surface area contributed by atoms with E-state index in [0.29, 0.717) is 6.54 Å². The molecule has 1 unspecified atom stereocenters. The zero-order valence-corrected chi connectivity index (χ0v) is 10.2. The number of hydrogen-bond donors (Lipinski definition) is 3. The molecule has 2 heterocycles. The Kier molecular flexibility index (Phi) is 4.59. The number of aromatic amines is 1. The van der Waals surface area contributed by atoms with E-state index in [1.54, 1.807) is 0 Å². The Balaban J connectivity index is 1.62. The first kappa shape index (κ1) is 12.9. The first-order valence-corrected chi connectivity index (χ1v) is 6.16. The van der Waals surface area contributed by atoms with E-state index < -0.39 is 12.0 Å². The molecule has 0 aromatic carbocycles. The number of carboxylic acid groups (broad SMARTS) is 1. The highest BCUT2D eigenvalue weighted by molar-refractivity contribution is 5.73. The lowest BCUT2D eigenvalue weighted by Crippen LogP contribution is -2.54. The molecule has 18 heavy (non-hydrogen) atoms. The number of unbranched alkanes of at least 4 members (excludes halogenated alkanes) is 1. The van der Waals surface area contributed by atoms with Crippen LogP contribution in [0.5, 0.6) is 0 Å². The molecule has 0 saturated carbocycles. The van der Waals surface area contributed by atoms with Crippen LogP contribution >= 0.6 is 0 Å². The zero-order valence-electron chi connectivity index (χ0n) is 10.2. The Hall–Kier alpha value is -1.54. The smallest absolute Gasteiger partial charge is 0.322 e. The highest BCUT2D eigenvalue weighted by atomic mass is 16.4. The Morgan fingerprint density at radius 2 is 2.39 bits per heavy atom. The van der Waals surface area contributed by atoms with Crippen molar-refractivity contribution in [2.24, 2.45) is 0 Å². The molecular weight excluding hydrogens is 236 g/mol. The minimum absolute atomic E-state index is 0.434. The third kappa shape index (κ3) is 3.74. The van der Waals surface area contributed by atoms with E-state index in [1.165, 1.54) is 0 Å². The third-order valence-corrected chi connectivity index (χ3v) is 3.07. The number of carboxylic acids is 1.